The van der Waals surface area contributed by atoms with Gasteiger partial charge in [0, 0.05) is 0 Å². The molecule has 4 nitrogen and oxygen atoms in total. The number of nitro groups is 1. The van der Waals surface area contributed by atoms with Crippen molar-refractivity contribution in [3.05, 3.63) is 34.4 Å². The predicted octanol–water partition coefficient (Wildman–Crippen LogP) is 0.789. The average molecular weight is 258 g/mol. The summed E-state index contributed by atoms with van der Waals surface area (Å²) in [6.07, 6.45) is 0. The minimum atomic E-state index is -0.453. The molecule has 0 amide bonds. The van der Waals surface area contributed by atoms with Gasteiger partial charge in [-0.2, -0.15) is 0 Å². The van der Waals surface area contributed by atoms with Gasteiger partial charge in [0.25, 0.3) is 0 Å². The molecule has 0 spiro atoms. The zero-order valence-electron chi connectivity index (χ0n) is 5.56. The summed E-state index contributed by atoms with van der Waals surface area (Å²) in [6.45, 7) is 0. The molecule has 1 rings (SSSR count). The first-order chi connectivity index (χ1) is 5.25. The van der Waals surface area contributed by atoms with Gasteiger partial charge in [-0.1, -0.05) is 0 Å². The van der Waals surface area contributed by atoms with E-state index in [1.807, 2.05) is 0 Å². The molecule has 0 fully saturated rings. The van der Waals surface area contributed by atoms with Gasteiger partial charge >= 0.3 is 76.8 Å². The van der Waals surface area contributed by atoms with E-state index in [2.05, 4.69) is 0 Å². The fourth-order valence-electron chi connectivity index (χ4n) is 0.708. The third kappa shape index (κ3) is 1.83. The van der Waals surface area contributed by atoms with Gasteiger partial charge in [0.05, 0.1) is 0 Å². The zero-order valence-corrected chi connectivity index (χ0v) is 8.85. The van der Waals surface area contributed by atoms with Crippen LogP contribution in [0.25, 0.3) is 0 Å². The molecule has 0 aliphatic heterocycles. The van der Waals surface area contributed by atoms with Crippen molar-refractivity contribution in [3.8, 4) is 5.75 Å². The van der Waals surface area contributed by atoms with Gasteiger partial charge in [0.1, 0.15) is 0 Å². The van der Waals surface area contributed by atoms with E-state index in [1.54, 1.807) is 18.2 Å². The van der Waals surface area contributed by atoms with Gasteiger partial charge < -0.3 is 0 Å². The van der Waals surface area contributed by atoms with Crippen molar-refractivity contribution in [1.29, 1.82) is 0 Å². The Balaban J connectivity index is 3.12. The fourth-order valence-corrected chi connectivity index (χ4v) is 1.28. The molecule has 0 aliphatic rings. The average Bonchev–Trinajstić information content (AvgIpc) is 2.04. The molecule has 0 aliphatic carbocycles. The van der Waals surface area contributed by atoms with E-state index < -0.39 is 4.92 Å². The van der Waals surface area contributed by atoms with Gasteiger partial charge in [0.15, 0.2) is 0 Å². The van der Waals surface area contributed by atoms with Crippen LogP contribution in [0.1, 0.15) is 0 Å². The van der Waals surface area contributed by atoms with Crippen LogP contribution in [0.5, 0.6) is 5.75 Å². The maximum absolute atomic E-state index is 10.3. The molecule has 0 heterocycles. The number of hydrogen-bond donors (Lipinski definition) is 0. The van der Waals surface area contributed by atoms with E-state index in [0.717, 1.165) is 0 Å². The van der Waals surface area contributed by atoms with Crippen LogP contribution >= 0.6 is 0 Å². The van der Waals surface area contributed by atoms with Crippen LogP contribution in [0.15, 0.2) is 24.3 Å². The molecule has 0 aromatic heterocycles. The second-order valence-corrected chi connectivity index (χ2v) is 2.52. The quantitative estimate of drug-likeness (QED) is 0.447. The third-order valence-electron chi connectivity index (χ3n) is 1.19. The van der Waals surface area contributed by atoms with Gasteiger partial charge in [-0.15, -0.1) is 0 Å². The number of nitro benzene ring substituents is 1. The van der Waals surface area contributed by atoms with Gasteiger partial charge in [-0.05, 0) is 0 Å². The fraction of sp³-hybridized carbons (Fsp3) is 0. The number of nitrogens with zero attached hydrogens (tertiary/aromatic N) is 1. The van der Waals surface area contributed by atoms with Gasteiger partial charge in [-0.3, -0.25) is 0 Å². The van der Waals surface area contributed by atoms with Gasteiger partial charge in [0.2, 0.25) is 0 Å². The van der Waals surface area contributed by atoms with Crippen LogP contribution in [0, 0.1) is 10.1 Å². The Morgan fingerprint density at radius 1 is 1.45 bits per heavy atom. The summed E-state index contributed by atoms with van der Waals surface area (Å²) in [6, 6.07) is 6.33. The number of rotatable bonds is 2. The summed E-state index contributed by atoms with van der Waals surface area (Å²) < 4.78 is 4.89. The summed E-state index contributed by atoms with van der Waals surface area (Å²) in [7, 11) is 0. The molecule has 5 heteroatoms. The molecule has 1 aromatic carbocycles. The monoisotopic (exact) mass is 259 g/mol. The molecule has 0 unspecified atom stereocenters. The molecule has 0 saturated carbocycles. The van der Waals surface area contributed by atoms with E-state index in [1.165, 1.54) is 6.07 Å². The molecule has 0 bridgehead atoms. The summed E-state index contributed by atoms with van der Waals surface area (Å²) in [4.78, 5) is 9.87. The first kappa shape index (κ1) is 8.32. The normalized spacial score (nSPS) is 9.18. The SMILES string of the molecule is O=[N+]([O-])c1ccccc1[O][SnH]. The maximum atomic E-state index is 10.3. The zero-order chi connectivity index (χ0) is 8.27. The van der Waals surface area contributed by atoms with Crippen LogP contribution in [0.2, 0.25) is 0 Å². The molecule has 2 radical (unpaired) electrons. The first-order valence-corrected chi connectivity index (χ1v) is 4.20. The molecule has 1 aromatic rings. The number of para-hydroxylation sites is 2. The van der Waals surface area contributed by atoms with Crippen molar-refractivity contribution < 1.29 is 8.00 Å². The van der Waals surface area contributed by atoms with E-state index in [9.17, 15) is 10.1 Å². The Bertz CT molecular complexity index is 276. The van der Waals surface area contributed by atoms with Gasteiger partial charge in [-0.25, -0.2) is 0 Å². The Morgan fingerprint density at radius 3 is 2.55 bits per heavy atom. The van der Waals surface area contributed by atoms with Crippen LogP contribution in [-0.2, 0) is 0 Å². The molecule has 0 saturated heterocycles. The standard InChI is InChI=1S/C6H5NO3.Sn.H/c8-6-4-2-1-3-5(6)7(9)10;;/h1-4,8H;;/q;+1;/p-1. The van der Waals surface area contributed by atoms with Crippen LogP contribution in [0.4, 0.5) is 5.69 Å². The second-order valence-electron chi connectivity index (χ2n) is 1.84. The molecule has 11 heavy (non-hydrogen) atoms. The Kier molecular flexibility index (Phi) is 2.69. The topological polar surface area (TPSA) is 52.4 Å². The molecular formula is C6H5NO3Sn. The molecule has 0 N–H and O–H groups in total. The van der Waals surface area contributed by atoms with E-state index in [-0.39, 0.29) is 5.69 Å². The summed E-state index contributed by atoms with van der Waals surface area (Å²) in [5.74, 6) is 0.347. The van der Waals surface area contributed by atoms with Crippen molar-refractivity contribution in [2.24, 2.45) is 0 Å². The Morgan fingerprint density at radius 2 is 2.09 bits per heavy atom. The van der Waals surface area contributed by atoms with Crippen LogP contribution in [-0.4, -0.2) is 27.9 Å². The van der Waals surface area contributed by atoms with E-state index >= 15 is 0 Å². The number of benzene rings is 1. The van der Waals surface area contributed by atoms with Crippen LogP contribution in [0.3, 0.4) is 0 Å². The minimum absolute atomic E-state index is 0.0279. The van der Waals surface area contributed by atoms with Crippen molar-refractivity contribution in [2.75, 3.05) is 0 Å². The molecule has 56 valence electrons. The first-order valence-electron chi connectivity index (χ1n) is 2.86. The Hall–Kier alpha value is -0.781. The third-order valence-corrected chi connectivity index (χ3v) is 1.91. The predicted molar refractivity (Wildman–Crippen MR) is 40.9 cm³/mol. The Labute approximate surface area is 77.0 Å². The van der Waals surface area contributed by atoms with Crippen molar-refractivity contribution in [2.45, 2.75) is 0 Å². The molecule has 0 atom stereocenters. The van der Waals surface area contributed by atoms with E-state index in [0.29, 0.717) is 28.7 Å². The number of hydrogen-bond acceptors (Lipinski definition) is 3. The molecular weight excluding hydrogens is 253 g/mol. The van der Waals surface area contributed by atoms with Crippen molar-refractivity contribution in [3.63, 3.8) is 0 Å². The van der Waals surface area contributed by atoms with E-state index in [4.69, 9.17) is 3.07 Å². The summed E-state index contributed by atoms with van der Waals surface area (Å²) >= 11 is 0.527. The van der Waals surface area contributed by atoms with Crippen LogP contribution < -0.4 is 3.07 Å². The van der Waals surface area contributed by atoms with Crippen molar-refractivity contribution in [1.82, 2.24) is 0 Å². The second kappa shape index (κ2) is 3.56. The van der Waals surface area contributed by atoms with Crippen molar-refractivity contribution >= 4 is 28.6 Å². The summed E-state index contributed by atoms with van der Waals surface area (Å²) in [5, 5.41) is 10.3. The summed E-state index contributed by atoms with van der Waals surface area (Å²) in [5.41, 5.74) is 0.0279.